The van der Waals surface area contributed by atoms with E-state index >= 15 is 0 Å². The monoisotopic (exact) mass is 332 g/mol. The van der Waals surface area contributed by atoms with Crippen LogP contribution in [-0.4, -0.2) is 66.1 Å². The molecule has 0 aromatic rings. The molecule has 0 aliphatic heterocycles. The number of carbonyl (C=O) groups is 2. The number of aliphatic carboxylic acids is 2. The van der Waals surface area contributed by atoms with E-state index < -0.39 is 11.9 Å². The summed E-state index contributed by atoms with van der Waals surface area (Å²) in [4.78, 5) is 19.2. The topological polar surface area (TPSA) is 138 Å². The van der Waals surface area contributed by atoms with Crippen molar-refractivity contribution in [3.05, 3.63) is 0 Å². The fraction of sp³-hybridized carbons (Fsp3) is 0.667. The van der Waals surface area contributed by atoms with Crippen LogP contribution < -0.4 is 0 Å². The van der Waals surface area contributed by atoms with Crippen LogP contribution in [0.15, 0.2) is 0 Å². The molecule has 0 atom stereocenters. The van der Waals surface area contributed by atoms with Crippen molar-refractivity contribution in [2.75, 3.05) is 0 Å². The van der Waals surface area contributed by atoms with E-state index in [2.05, 4.69) is 0 Å². The van der Waals surface area contributed by atoms with Gasteiger partial charge in [0, 0.05) is 0 Å². The Labute approximate surface area is 99.1 Å². The Balaban J connectivity index is -0.0000000625. The van der Waals surface area contributed by atoms with Crippen molar-refractivity contribution in [2.45, 2.75) is 23.3 Å². The van der Waals surface area contributed by atoms with E-state index in [1.165, 1.54) is 33.0 Å². The molecule has 0 aromatic heterocycles. The molecule has 0 rings (SSSR count). The zero-order valence-corrected chi connectivity index (χ0v) is 12.5. The summed E-state index contributed by atoms with van der Waals surface area (Å²) in [5.74, 6) is -1.39. The molecule has 6 N–H and O–H groups in total. The van der Waals surface area contributed by atoms with E-state index in [1.54, 1.807) is 0 Å². The van der Waals surface area contributed by atoms with Crippen molar-refractivity contribution >= 4 is 45.0 Å². The first-order chi connectivity index (χ1) is 5.54. The molecule has 0 unspecified atom stereocenters. The molecule has 0 aromatic carbocycles. The van der Waals surface area contributed by atoms with Gasteiger partial charge in [0.15, 0.2) is 0 Å². The maximum absolute atomic E-state index is 9.61. The molecule has 4 radical (unpaired) electrons. The fourth-order valence-corrected chi connectivity index (χ4v) is 1.28. The van der Waals surface area contributed by atoms with Crippen LogP contribution in [0.3, 0.4) is 0 Å². The minimum atomic E-state index is -0.695. The summed E-state index contributed by atoms with van der Waals surface area (Å²) < 4.78 is 0. The van der Waals surface area contributed by atoms with Crippen LogP contribution in [0, 0.1) is 0 Å². The first-order valence-electron chi connectivity index (χ1n) is 3.38. The quantitative estimate of drug-likeness (QED) is 0.571. The van der Waals surface area contributed by atoms with Gasteiger partial charge in [0.1, 0.15) is 0 Å². The third-order valence-corrected chi connectivity index (χ3v) is 1.93. The molecule has 0 aliphatic rings. The molecule has 84 valence electrons. The number of rotatable bonds is 4. The Morgan fingerprint density at radius 1 is 0.857 bits per heavy atom. The van der Waals surface area contributed by atoms with Gasteiger partial charge in [-0.3, -0.25) is 0 Å². The van der Waals surface area contributed by atoms with Gasteiger partial charge in [-0.1, -0.05) is 0 Å². The molecule has 0 saturated carbocycles. The Kier molecular flexibility index (Phi) is 31.5. The van der Waals surface area contributed by atoms with E-state index in [0.29, 0.717) is 12.8 Å². The molecule has 6 nitrogen and oxygen atoms in total. The predicted molar refractivity (Wildman–Crippen MR) is 55.6 cm³/mol. The van der Waals surface area contributed by atoms with Gasteiger partial charge >= 0.3 is 88.1 Å². The van der Waals surface area contributed by atoms with Gasteiger partial charge < -0.3 is 11.0 Å². The maximum atomic E-state index is 9.61. The van der Waals surface area contributed by atoms with Crippen molar-refractivity contribution in [1.82, 2.24) is 0 Å². The molecule has 0 spiro atoms. The second-order valence-electron chi connectivity index (χ2n) is 1.86. The average Bonchev–Trinajstić information content (AvgIpc) is 1.87. The van der Waals surface area contributed by atoms with Crippen LogP contribution in [0.25, 0.3) is 0 Å². The summed E-state index contributed by atoms with van der Waals surface area (Å²) in [5, 5.41) is 17.4. The van der Waals surface area contributed by atoms with Gasteiger partial charge in [0.2, 0.25) is 0 Å². The van der Waals surface area contributed by atoms with E-state index in [1.807, 2.05) is 0 Å². The second-order valence-corrected chi connectivity index (χ2v) is 4.29. The summed E-state index contributed by atoms with van der Waals surface area (Å²) in [7, 11) is 0. The second kappa shape index (κ2) is 18.7. The standard InChI is InChI=1S/2C3H6GeO2.2H2O/c2*4-2-1-3(5)6;;/h2*4H,1-2H2,(H,5,6);2*1H2. The Hall–Kier alpha value is -0.0543. The molecule has 0 heterocycles. The van der Waals surface area contributed by atoms with Crippen molar-refractivity contribution in [1.29, 1.82) is 0 Å². The van der Waals surface area contributed by atoms with Crippen LogP contribution in [-0.2, 0) is 9.59 Å². The third-order valence-electron chi connectivity index (χ3n) is 0.716. The molecule has 0 bridgehead atoms. The van der Waals surface area contributed by atoms with Gasteiger partial charge in [-0.25, -0.2) is 0 Å². The first-order valence-corrected chi connectivity index (χ1v) is 6.81. The molecule has 0 aliphatic carbocycles. The summed E-state index contributed by atoms with van der Waals surface area (Å²) in [6.45, 7) is 0. The predicted octanol–water partition coefficient (Wildman–Crippen LogP) is -2.09. The molecule has 0 amide bonds. The fourth-order valence-electron chi connectivity index (χ4n) is 0.247. The van der Waals surface area contributed by atoms with E-state index in [-0.39, 0.29) is 11.0 Å². The number of hydrogen-bond donors (Lipinski definition) is 2. The van der Waals surface area contributed by atoms with Crippen LogP contribution >= 0.6 is 0 Å². The number of carboxylic acid groups (broad SMARTS) is 2. The van der Waals surface area contributed by atoms with Crippen LogP contribution in [0.4, 0.5) is 0 Å². The van der Waals surface area contributed by atoms with Crippen molar-refractivity contribution in [2.24, 2.45) is 0 Å². The molecule has 0 fully saturated rings. The SMILES string of the molecule is O.O.O=C(O)C[CH2][GeH].O=C(O)C[CH2][GeH]. The van der Waals surface area contributed by atoms with Crippen LogP contribution in [0.5, 0.6) is 0 Å². The Morgan fingerprint density at radius 2 is 1.07 bits per heavy atom. The van der Waals surface area contributed by atoms with Crippen molar-refractivity contribution in [3.8, 4) is 0 Å². The Bertz CT molecular complexity index is 124. The average molecular weight is 329 g/mol. The summed E-state index contributed by atoms with van der Waals surface area (Å²) in [5.41, 5.74) is 0. The zero-order chi connectivity index (χ0) is 9.98. The summed E-state index contributed by atoms with van der Waals surface area (Å²) in [6, 6.07) is 0. The summed E-state index contributed by atoms with van der Waals surface area (Å²) >= 11 is 2.93. The van der Waals surface area contributed by atoms with Gasteiger partial charge in [-0.05, 0) is 0 Å². The molecule has 8 heteroatoms. The number of carboxylic acids is 2. The van der Waals surface area contributed by atoms with Gasteiger partial charge in [0.25, 0.3) is 0 Å². The van der Waals surface area contributed by atoms with Gasteiger partial charge in [-0.15, -0.1) is 0 Å². The van der Waals surface area contributed by atoms with Crippen LogP contribution in [0.1, 0.15) is 12.8 Å². The van der Waals surface area contributed by atoms with E-state index in [0.717, 1.165) is 10.5 Å². The molecular weight excluding hydrogens is 313 g/mol. The zero-order valence-electron chi connectivity index (χ0n) is 7.69. The Morgan fingerprint density at radius 3 is 1.07 bits per heavy atom. The first kappa shape index (κ1) is 23.6. The van der Waals surface area contributed by atoms with E-state index in [9.17, 15) is 9.59 Å². The van der Waals surface area contributed by atoms with Crippen molar-refractivity contribution < 1.29 is 30.8 Å². The third kappa shape index (κ3) is 40.5. The molecule has 0 saturated heterocycles. The van der Waals surface area contributed by atoms with E-state index in [4.69, 9.17) is 10.2 Å². The molecular formula is C6H16Ge2O6. The summed E-state index contributed by atoms with van der Waals surface area (Å²) in [6.07, 6.45) is 0.639. The van der Waals surface area contributed by atoms with Crippen LogP contribution in [0.2, 0.25) is 10.5 Å². The van der Waals surface area contributed by atoms with Gasteiger partial charge in [0.05, 0.1) is 0 Å². The molecule has 14 heavy (non-hydrogen) atoms. The minimum absolute atomic E-state index is 0. The van der Waals surface area contributed by atoms with Crippen molar-refractivity contribution in [3.63, 3.8) is 0 Å². The number of hydrogen-bond acceptors (Lipinski definition) is 2. The normalized spacial score (nSPS) is 7.00. The van der Waals surface area contributed by atoms with Gasteiger partial charge in [-0.2, -0.15) is 0 Å².